The molecular weight excluding hydrogens is 266 g/mol. The Hall–Kier alpha value is -1.13. The number of rotatable bonds is 4. The maximum absolute atomic E-state index is 5.57. The number of pyridine rings is 1. The van der Waals surface area contributed by atoms with Crippen molar-refractivity contribution in [3.63, 3.8) is 0 Å². The summed E-state index contributed by atoms with van der Waals surface area (Å²) < 4.78 is 3.22. The van der Waals surface area contributed by atoms with E-state index in [0.717, 1.165) is 17.4 Å². The average Bonchev–Trinajstić information content (AvgIpc) is 2.66. The van der Waals surface area contributed by atoms with E-state index in [9.17, 15) is 0 Å². The lowest BCUT2D eigenvalue weighted by Crippen LogP contribution is -2.09. The number of halogens is 1. The Labute approximate surface area is 103 Å². The normalized spacial score (nSPS) is 10.6. The molecule has 0 unspecified atom stereocenters. The zero-order chi connectivity index (χ0) is 11.4. The van der Waals surface area contributed by atoms with Crippen LogP contribution >= 0.6 is 15.9 Å². The lowest BCUT2D eigenvalue weighted by Gasteiger charge is -2.08. The van der Waals surface area contributed by atoms with Gasteiger partial charge in [-0.25, -0.2) is 0 Å². The number of nitrogens with two attached hydrogens (primary N) is 1. The van der Waals surface area contributed by atoms with Crippen LogP contribution in [0.2, 0.25) is 0 Å². The summed E-state index contributed by atoms with van der Waals surface area (Å²) in [5.41, 5.74) is 8.02. The summed E-state index contributed by atoms with van der Waals surface area (Å²) in [6, 6.07) is 6.24. The van der Waals surface area contributed by atoms with Gasteiger partial charge in [0.1, 0.15) is 0 Å². The first-order valence-electron chi connectivity index (χ1n) is 5.23. The molecule has 0 aliphatic carbocycles. The highest BCUT2D eigenvalue weighted by Crippen LogP contribution is 2.12. The van der Waals surface area contributed by atoms with Crippen molar-refractivity contribution in [1.82, 2.24) is 9.55 Å². The van der Waals surface area contributed by atoms with Crippen LogP contribution in [-0.4, -0.2) is 16.1 Å². The van der Waals surface area contributed by atoms with Crippen molar-refractivity contribution in [2.75, 3.05) is 6.54 Å². The Balaban J connectivity index is 2.17. The van der Waals surface area contributed by atoms with Gasteiger partial charge in [0.15, 0.2) is 0 Å². The van der Waals surface area contributed by atoms with Gasteiger partial charge in [-0.1, -0.05) is 0 Å². The molecule has 0 fully saturated rings. The Morgan fingerprint density at radius 1 is 1.38 bits per heavy atom. The van der Waals surface area contributed by atoms with Crippen LogP contribution in [0, 0.1) is 0 Å². The summed E-state index contributed by atoms with van der Waals surface area (Å²) in [4.78, 5) is 4.16. The third-order valence-electron chi connectivity index (χ3n) is 2.44. The van der Waals surface area contributed by atoms with Crippen LogP contribution in [0.15, 0.2) is 41.3 Å². The van der Waals surface area contributed by atoms with Crippen LogP contribution in [0.1, 0.15) is 11.3 Å². The summed E-state index contributed by atoms with van der Waals surface area (Å²) in [7, 11) is 0. The van der Waals surface area contributed by atoms with E-state index in [-0.39, 0.29) is 0 Å². The average molecular weight is 280 g/mol. The molecule has 0 atom stereocenters. The molecule has 0 aromatic carbocycles. The van der Waals surface area contributed by atoms with Crippen LogP contribution in [0.4, 0.5) is 0 Å². The second-order valence-electron chi connectivity index (χ2n) is 3.68. The molecule has 0 saturated carbocycles. The molecule has 0 saturated heterocycles. The fraction of sp³-hybridized carbons (Fsp3) is 0.250. The van der Waals surface area contributed by atoms with Crippen molar-refractivity contribution in [2.24, 2.45) is 5.73 Å². The molecule has 84 valence electrons. The summed E-state index contributed by atoms with van der Waals surface area (Å²) in [6.07, 6.45) is 6.66. The molecule has 2 aromatic rings. The fourth-order valence-corrected chi connectivity index (χ4v) is 2.13. The topological polar surface area (TPSA) is 43.8 Å². The lowest BCUT2D eigenvalue weighted by molar-refractivity contribution is 0.734. The van der Waals surface area contributed by atoms with Gasteiger partial charge in [0.25, 0.3) is 0 Å². The highest BCUT2D eigenvalue weighted by Gasteiger charge is 2.01. The van der Waals surface area contributed by atoms with Crippen molar-refractivity contribution in [2.45, 2.75) is 13.0 Å². The SMILES string of the molecule is NCCc1cccn1Cc1cncc(Br)c1. The smallest absolute Gasteiger partial charge is 0.0488 e. The molecule has 0 aliphatic rings. The van der Waals surface area contributed by atoms with E-state index >= 15 is 0 Å². The molecule has 0 amide bonds. The van der Waals surface area contributed by atoms with Gasteiger partial charge in [0.2, 0.25) is 0 Å². The van der Waals surface area contributed by atoms with Gasteiger partial charge in [-0.15, -0.1) is 0 Å². The minimum absolute atomic E-state index is 0.681. The summed E-state index contributed by atoms with van der Waals surface area (Å²) in [5.74, 6) is 0. The van der Waals surface area contributed by atoms with Crippen molar-refractivity contribution in [1.29, 1.82) is 0 Å². The largest absolute Gasteiger partial charge is 0.347 e. The number of hydrogen-bond acceptors (Lipinski definition) is 2. The number of nitrogens with zero attached hydrogens (tertiary/aromatic N) is 2. The first kappa shape index (κ1) is 11.4. The second kappa shape index (κ2) is 5.27. The molecule has 3 nitrogen and oxygen atoms in total. The Morgan fingerprint density at radius 3 is 3.00 bits per heavy atom. The van der Waals surface area contributed by atoms with Gasteiger partial charge in [0, 0.05) is 35.3 Å². The van der Waals surface area contributed by atoms with Crippen molar-refractivity contribution in [3.05, 3.63) is 52.5 Å². The fourth-order valence-electron chi connectivity index (χ4n) is 1.72. The van der Waals surface area contributed by atoms with E-state index in [0.29, 0.717) is 6.54 Å². The zero-order valence-corrected chi connectivity index (χ0v) is 10.5. The highest BCUT2D eigenvalue weighted by molar-refractivity contribution is 9.10. The maximum Gasteiger partial charge on any atom is 0.0488 e. The van der Waals surface area contributed by atoms with Gasteiger partial charge >= 0.3 is 0 Å². The Bertz CT molecular complexity index is 465. The minimum Gasteiger partial charge on any atom is -0.347 e. The molecule has 2 N–H and O–H groups in total. The molecule has 4 heteroatoms. The van der Waals surface area contributed by atoms with E-state index in [1.54, 1.807) is 6.20 Å². The molecule has 2 aromatic heterocycles. The predicted octanol–water partition coefficient (Wildman–Crippen LogP) is 2.20. The molecular formula is C12H14BrN3. The molecule has 16 heavy (non-hydrogen) atoms. The van der Waals surface area contributed by atoms with Crippen LogP contribution < -0.4 is 5.73 Å². The Morgan fingerprint density at radius 2 is 2.25 bits per heavy atom. The molecule has 0 spiro atoms. The van der Waals surface area contributed by atoms with E-state index in [2.05, 4.69) is 49.9 Å². The molecule has 0 aliphatic heterocycles. The van der Waals surface area contributed by atoms with Gasteiger partial charge in [0.05, 0.1) is 0 Å². The van der Waals surface area contributed by atoms with Crippen molar-refractivity contribution >= 4 is 15.9 Å². The van der Waals surface area contributed by atoms with Gasteiger partial charge in [-0.2, -0.15) is 0 Å². The van der Waals surface area contributed by atoms with Crippen molar-refractivity contribution in [3.8, 4) is 0 Å². The third kappa shape index (κ3) is 2.71. The molecule has 2 rings (SSSR count). The van der Waals surface area contributed by atoms with E-state index in [1.807, 2.05) is 6.20 Å². The molecule has 2 heterocycles. The van der Waals surface area contributed by atoms with Gasteiger partial charge in [-0.3, -0.25) is 4.98 Å². The first-order chi connectivity index (χ1) is 7.79. The summed E-state index contributed by atoms with van der Waals surface area (Å²) in [6.45, 7) is 1.52. The maximum atomic E-state index is 5.57. The lowest BCUT2D eigenvalue weighted by atomic mass is 10.2. The second-order valence-corrected chi connectivity index (χ2v) is 4.59. The minimum atomic E-state index is 0.681. The highest BCUT2D eigenvalue weighted by atomic mass is 79.9. The molecule has 0 bridgehead atoms. The van der Waals surface area contributed by atoms with Crippen LogP contribution in [0.3, 0.4) is 0 Å². The third-order valence-corrected chi connectivity index (χ3v) is 2.87. The summed E-state index contributed by atoms with van der Waals surface area (Å²) in [5, 5.41) is 0. The summed E-state index contributed by atoms with van der Waals surface area (Å²) >= 11 is 3.42. The standard InChI is InChI=1S/C12H14BrN3/c13-11-6-10(7-15-8-11)9-16-5-1-2-12(16)3-4-14/h1-2,5-8H,3-4,9,14H2. The van der Waals surface area contributed by atoms with Crippen molar-refractivity contribution < 1.29 is 0 Å². The van der Waals surface area contributed by atoms with Gasteiger partial charge in [-0.05, 0) is 52.7 Å². The van der Waals surface area contributed by atoms with Gasteiger partial charge < -0.3 is 10.3 Å². The Kier molecular flexibility index (Phi) is 3.74. The van der Waals surface area contributed by atoms with Crippen LogP contribution in [-0.2, 0) is 13.0 Å². The number of hydrogen-bond donors (Lipinski definition) is 1. The quantitative estimate of drug-likeness (QED) is 0.933. The zero-order valence-electron chi connectivity index (χ0n) is 8.94. The van der Waals surface area contributed by atoms with E-state index < -0.39 is 0 Å². The molecule has 0 radical (unpaired) electrons. The van der Waals surface area contributed by atoms with E-state index in [4.69, 9.17) is 5.73 Å². The monoisotopic (exact) mass is 279 g/mol. The number of aromatic nitrogens is 2. The first-order valence-corrected chi connectivity index (χ1v) is 6.02. The van der Waals surface area contributed by atoms with Crippen LogP contribution in [0.5, 0.6) is 0 Å². The predicted molar refractivity (Wildman–Crippen MR) is 68.2 cm³/mol. The van der Waals surface area contributed by atoms with E-state index in [1.165, 1.54) is 11.3 Å². The van der Waals surface area contributed by atoms with Crippen LogP contribution in [0.25, 0.3) is 0 Å².